The van der Waals surface area contributed by atoms with Gasteiger partial charge in [0.15, 0.2) is 5.78 Å². The lowest BCUT2D eigenvalue weighted by molar-refractivity contribution is -0.112. The van der Waals surface area contributed by atoms with E-state index >= 15 is 0 Å². The van der Waals surface area contributed by atoms with Crippen molar-refractivity contribution in [1.82, 2.24) is 0 Å². The lowest BCUT2D eigenvalue weighted by Crippen LogP contribution is -2.06. The Morgan fingerprint density at radius 2 is 1.50 bits per heavy atom. The van der Waals surface area contributed by atoms with Gasteiger partial charge in [-0.3, -0.25) is 4.79 Å². The molecule has 0 spiro atoms. The lowest BCUT2D eigenvalue weighted by atomic mass is 10.0. The van der Waals surface area contributed by atoms with E-state index in [1.165, 1.54) is 18.9 Å². The summed E-state index contributed by atoms with van der Waals surface area (Å²) < 4.78 is 42.8. The number of carbonyl (C=O) groups is 1. The minimum Gasteiger partial charge on any atom is -0.496 e. The molecule has 1 aromatic carbocycles. The zero-order valence-electron chi connectivity index (χ0n) is 21.9. The van der Waals surface area contributed by atoms with Crippen molar-refractivity contribution in [2.45, 2.75) is 74.4 Å². The maximum atomic E-state index is 11.1. The third-order valence-corrected chi connectivity index (χ3v) is 2.92. The molecule has 0 fully saturated rings. The van der Waals surface area contributed by atoms with E-state index in [0.717, 1.165) is 24.7 Å². The number of rotatable bonds is 5. The van der Waals surface area contributed by atoms with Crippen molar-refractivity contribution in [3.63, 3.8) is 0 Å². The summed E-state index contributed by atoms with van der Waals surface area (Å²) in [7, 11) is 4.90. The molecule has 188 valence electrons. The molecule has 6 heteroatoms. The second-order valence-corrected chi connectivity index (χ2v) is 7.01. The standard InChI is InChI=1S/C15H20O2.C4H5F3.C3H8.C2H6O.C2H6/c1-11(2)9-13-6-8-14(7-5-12(3)16)15(10-13)17-4;1-3(2)4(5,6)7;2*1-3-2;1-2/h5-8,10-11H,9H2,1-4H3;1H2,2H3;3H2,1-2H3;1-2H3;1-2H3/b7-5+;;;;. The van der Waals surface area contributed by atoms with Crippen molar-refractivity contribution in [2.24, 2.45) is 5.92 Å². The Hall–Kier alpha value is -2.08. The Kier molecular flexibility index (Phi) is 27.4. The minimum absolute atomic E-state index is 0.0401. The van der Waals surface area contributed by atoms with Gasteiger partial charge in [0.1, 0.15) is 5.75 Å². The quantitative estimate of drug-likeness (QED) is 0.326. The first-order valence-electron chi connectivity index (χ1n) is 10.8. The fourth-order valence-corrected chi connectivity index (χ4v) is 1.70. The minimum atomic E-state index is -4.19. The summed E-state index contributed by atoms with van der Waals surface area (Å²) in [6.07, 6.45) is 1.44. The molecule has 1 aromatic rings. The van der Waals surface area contributed by atoms with E-state index in [1.807, 2.05) is 26.0 Å². The third kappa shape index (κ3) is 26.0. The van der Waals surface area contributed by atoms with Gasteiger partial charge in [-0.25, -0.2) is 0 Å². The molecule has 0 atom stereocenters. The van der Waals surface area contributed by atoms with E-state index in [2.05, 4.69) is 45.1 Å². The van der Waals surface area contributed by atoms with Crippen LogP contribution in [-0.2, 0) is 16.0 Å². The summed E-state index contributed by atoms with van der Waals surface area (Å²) in [6.45, 7) is 17.8. The van der Waals surface area contributed by atoms with E-state index in [1.54, 1.807) is 33.5 Å². The van der Waals surface area contributed by atoms with Crippen molar-refractivity contribution < 1.29 is 27.4 Å². The zero-order valence-corrected chi connectivity index (χ0v) is 21.9. The summed E-state index contributed by atoms with van der Waals surface area (Å²) in [5.74, 6) is 1.48. The summed E-state index contributed by atoms with van der Waals surface area (Å²) >= 11 is 0. The highest BCUT2D eigenvalue weighted by Gasteiger charge is 2.27. The van der Waals surface area contributed by atoms with Crippen LogP contribution in [-0.4, -0.2) is 33.3 Å². The van der Waals surface area contributed by atoms with Gasteiger partial charge in [-0.1, -0.05) is 66.7 Å². The number of methoxy groups -OCH3 is 2. The van der Waals surface area contributed by atoms with Crippen LogP contribution < -0.4 is 4.74 Å². The normalized spacial score (nSPS) is 9.72. The van der Waals surface area contributed by atoms with Gasteiger partial charge in [0.05, 0.1) is 7.11 Å². The number of hydrogen-bond acceptors (Lipinski definition) is 3. The second kappa shape index (κ2) is 23.6. The molecule has 0 heterocycles. The summed E-state index contributed by atoms with van der Waals surface area (Å²) in [5.41, 5.74) is 1.44. The summed E-state index contributed by atoms with van der Waals surface area (Å²) in [6, 6.07) is 6.12. The Morgan fingerprint density at radius 1 is 1.09 bits per heavy atom. The number of carbonyl (C=O) groups excluding carboxylic acids is 1. The molecule has 1 rings (SSSR count). The molecule has 0 unspecified atom stereocenters. The van der Waals surface area contributed by atoms with Crippen LogP contribution in [0.5, 0.6) is 5.75 Å². The van der Waals surface area contributed by atoms with Gasteiger partial charge in [0.2, 0.25) is 0 Å². The molecule has 3 nitrogen and oxygen atoms in total. The van der Waals surface area contributed by atoms with Crippen LogP contribution in [0.3, 0.4) is 0 Å². The molecule has 0 saturated carbocycles. The van der Waals surface area contributed by atoms with Crippen molar-refractivity contribution >= 4 is 11.9 Å². The van der Waals surface area contributed by atoms with Gasteiger partial charge >= 0.3 is 6.18 Å². The Morgan fingerprint density at radius 3 is 1.78 bits per heavy atom. The number of benzene rings is 1. The smallest absolute Gasteiger partial charge is 0.411 e. The third-order valence-electron chi connectivity index (χ3n) is 2.92. The Bertz CT molecular complexity index is 617. The van der Waals surface area contributed by atoms with Gasteiger partial charge in [-0.2, -0.15) is 13.2 Å². The summed E-state index contributed by atoms with van der Waals surface area (Å²) in [5, 5.41) is 0. The zero-order chi connectivity index (χ0) is 26.3. The van der Waals surface area contributed by atoms with E-state index in [9.17, 15) is 18.0 Å². The van der Waals surface area contributed by atoms with E-state index in [4.69, 9.17) is 4.74 Å². The molecule has 0 aliphatic rings. The molecular formula is C26H45F3O3. The topological polar surface area (TPSA) is 35.5 Å². The molecular weight excluding hydrogens is 417 g/mol. The fourth-order valence-electron chi connectivity index (χ4n) is 1.70. The van der Waals surface area contributed by atoms with Gasteiger partial charge in [-0.05, 0) is 50.0 Å². The Labute approximate surface area is 194 Å². The van der Waals surface area contributed by atoms with Crippen LogP contribution in [0.1, 0.15) is 72.9 Å². The molecule has 0 radical (unpaired) electrons. The SMILES string of the molecule is C=C(C)C(F)(F)F.CC.CCC.COC.COc1cc(CC(C)C)ccc1/C=C/C(C)=O. The van der Waals surface area contributed by atoms with Crippen LogP contribution in [0.4, 0.5) is 13.2 Å². The number of ketones is 1. The van der Waals surface area contributed by atoms with Gasteiger partial charge in [0.25, 0.3) is 0 Å². The van der Waals surface area contributed by atoms with Crippen LogP contribution in [0.15, 0.2) is 36.4 Å². The number of hydrogen-bond donors (Lipinski definition) is 0. The molecule has 0 amide bonds. The predicted octanol–water partition coefficient (Wildman–Crippen LogP) is 8.33. The highest BCUT2D eigenvalue weighted by Crippen LogP contribution is 2.23. The van der Waals surface area contributed by atoms with Crippen LogP contribution in [0.25, 0.3) is 6.08 Å². The number of alkyl halides is 3. The van der Waals surface area contributed by atoms with Crippen molar-refractivity contribution in [3.8, 4) is 5.75 Å². The highest BCUT2D eigenvalue weighted by atomic mass is 19.4. The van der Waals surface area contributed by atoms with Crippen molar-refractivity contribution in [2.75, 3.05) is 21.3 Å². The van der Waals surface area contributed by atoms with Gasteiger partial charge in [-0.15, -0.1) is 0 Å². The summed E-state index contributed by atoms with van der Waals surface area (Å²) in [4.78, 5) is 10.9. The molecule has 0 N–H and O–H groups in total. The second-order valence-electron chi connectivity index (χ2n) is 7.01. The first-order valence-corrected chi connectivity index (χ1v) is 10.8. The van der Waals surface area contributed by atoms with Crippen molar-refractivity contribution in [1.29, 1.82) is 0 Å². The molecule has 0 aliphatic carbocycles. The first kappa shape index (κ1) is 37.2. The first-order chi connectivity index (χ1) is 14.8. The number of allylic oxidation sites excluding steroid dienone is 2. The maximum Gasteiger partial charge on any atom is 0.411 e. The Balaban J connectivity index is -0.000000216. The van der Waals surface area contributed by atoms with Gasteiger partial charge < -0.3 is 9.47 Å². The average molecular weight is 463 g/mol. The largest absolute Gasteiger partial charge is 0.496 e. The van der Waals surface area contributed by atoms with E-state index < -0.39 is 11.7 Å². The van der Waals surface area contributed by atoms with Crippen LogP contribution in [0.2, 0.25) is 0 Å². The molecule has 0 saturated heterocycles. The average Bonchev–Trinajstić information content (AvgIpc) is 2.69. The maximum absolute atomic E-state index is 11.1. The monoisotopic (exact) mass is 462 g/mol. The molecule has 0 aromatic heterocycles. The van der Waals surface area contributed by atoms with Crippen LogP contribution in [0, 0.1) is 5.92 Å². The van der Waals surface area contributed by atoms with Crippen molar-refractivity contribution in [3.05, 3.63) is 47.6 Å². The number of halogens is 3. The number of ether oxygens (including phenoxy) is 2. The van der Waals surface area contributed by atoms with Gasteiger partial charge in [0, 0.05) is 25.4 Å². The fraction of sp³-hybridized carbons (Fsp3) is 0.577. The van der Waals surface area contributed by atoms with E-state index in [0.29, 0.717) is 5.92 Å². The van der Waals surface area contributed by atoms with Crippen LogP contribution >= 0.6 is 0 Å². The predicted molar refractivity (Wildman–Crippen MR) is 132 cm³/mol. The molecule has 0 aliphatic heterocycles. The lowest BCUT2D eigenvalue weighted by Gasteiger charge is -2.09. The highest BCUT2D eigenvalue weighted by molar-refractivity contribution is 5.91. The molecule has 0 bridgehead atoms. The molecule has 32 heavy (non-hydrogen) atoms. The van der Waals surface area contributed by atoms with E-state index in [-0.39, 0.29) is 5.78 Å².